The first-order valence-corrected chi connectivity index (χ1v) is 12.5. The van der Waals surface area contributed by atoms with Crippen LogP contribution in [0.3, 0.4) is 0 Å². The lowest BCUT2D eigenvalue weighted by Crippen LogP contribution is -2.46. The zero-order valence-corrected chi connectivity index (χ0v) is 18.9. The first-order chi connectivity index (χ1) is 15.2. The van der Waals surface area contributed by atoms with Gasteiger partial charge in [-0.25, -0.2) is 4.98 Å². The maximum atomic E-state index is 13.6. The van der Waals surface area contributed by atoms with E-state index in [1.165, 1.54) is 11.3 Å². The number of para-hydroxylation sites is 1. The van der Waals surface area contributed by atoms with E-state index in [1.54, 1.807) is 11.3 Å². The Balaban J connectivity index is 1.31. The Labute approximate surface area is 189 Å². The molecule has 2 aliphatic rings. The number of likely N-dealkylation sites (tertiary alicyclic amines) is 1. The highest BCUT2D eigenvalue weighted by Gasteiger charge is 2.34. The number of thiophene rings is 1. The van der Waals surface area contributed by atoms with Gasteiger partial charge in [-0.1, -0.05) is 29.5 Å². The van der Waals surface area contributed by atoms with Crippen molar-refractivity contribution in [3.63, 3.8) is 0 Å². The Morgan fingerprint density at radius 1 is 1.13 bits per heavy atom. The van der Waals surface area contributed by atoms with Gasteiger partial charge in [0.15, 0.2) is 5.13 Å². The fourth-order valence-electron chi connectivity index (χ4n) is 4.34. The van der Waals surface area contributed by atoms with Crippen LogP contribution in [0.4, 0.5) is 5.13 Å². The van der Waals surface area contributed by atoms with Crippen molar-refractivity contribution in [2.24, 2.45) is 5.92 Å². The minimum Gasteiger partial charge on any atom is -0.376 e. The van der Waals surface area contributed by atoms with E-state index < -0.39 is 0 Å². The van der Waals surface area contributed by atoms with E-state index in [0.29, 0.717) is 32.5 Å². The van der Waals surface area contributed by atoms with Crippen molar-refractivity contribution in [3.05, 3.63) is 46.7 Å². The molecular formula is C23H25N3O3S2. The second kappa shape index (κ2) is 9.06. The minimum atomic E-state index is -0.0965. The summed E-state index contributed by atoms with van der Waals surface area (Å²) in [6.45, 7) is 2.53. The van der Waals surface area contributed by atoms with Crippen molar-refractivity contribution >= 4 is 49.8 Å². The van der Waals surface area contributed by atoms with Gasteiger partial charge in [-0.15, -0.1) is 11.3 Å². The van der Waals surface area contributed by atoms with E-state index in [-0.39, 0.29) is 23.8 Å². The van der Waals surface area contributed by atoms with Crippen LogP contribution in [0.5, 0.6) is 0 Å². The molecule has 1 atom stereocenters. The van der Waals surface area contributed by atoms with Gasteiger partial charge in [0, 0.05) is 25.6 Å². The Morgan fingerprint density at radius 2 is 1.97 bits per heavy atom. The molecule has 0 radical (unpaired) electrons. The summed E-state index contributed by atoms with van der Waals surface area (Å²) in [5.41, 5.74) is 0.920. The molecule has 2 fully saturated rings. The fourth-order valence-corrected chi connectivity index (χ4v) is 6.01. The lowest BCUT2D eigenvalue weighted by molar-refractivity contribution is -0.124. The molecule has 0 N–H and O–H groups in total. The van der Waals surface area contributed by atoms with E-state index in [4.69, 9.17) is 9.72 Å². The van der Waals surface area contributed by atoms with Gasteiger partial charge >= 0.3 is 0 Å². The number of amides is 2. The molecule has 0 saturated carbocycles. The number of piperidine rings is 1. The Morgan fingerprint density at radius 3 is 2.68 bits per heavy atom. The third-order valence-electron chi connectivity index (χ3n) is 6.05. The third-order valence-corrected chi connectivity index (χ3v) is 7.97. The van der Waals surface area contributed by atoms with Crippen LogP contribution in [0.1, 0.15) is 35.4 Å². The maximum Gasteiger partial charge on any atom is 0.263 e. The highest BCUT2D eigenvalue weighted by Crippen LogP contribution is 2.32. The van der Waals surface area contributed by atoms with Crippen molar-refractivity contribution < 1.29 is 14.3 Å². The molecule has 2 saturated heterocycles. The average molecular weight is 456 g/mol. The van der Waals surface area contributed by atoms with Gasteiger partial charge in [-0.05, 0) is 49.3 Å². The molecule has 31 heavy (non-hydrogen) atoms. The molecule has 0 spiro atoms. The lowest BCUT2D eigenvalue weighted by atomic mass is 9.95. The van der Waals surface area contributed by atoms with Crippen LogP contribution in [0.15, 0.2) is 41.8 Å². The van der Waals surface area contributed by atoms with Crippen LogP contribution in [0.2, 0.25) is 0 Å². The molecule has 162 valence electrons. The van der Waals surface area contributed by atoms with E-state index >= 15 is 0 Å². The van der Waals surface area contributed by atoms with E-state index in [9.17, 15) is 9.59 Å². The lowest BCUT2D eigenvalue weighted by Gasteiger charge is -2.34. The Kier molecular flexibility index (Phi) is 6.02. The predicted octanol–water partition coefficient (Wildman–Crippen LogP) is 4.42. The standard InChI is InChI=1S/C23H25N3O3S2/c27-21(16-9-11-25(12-10-16)22(28)20-8-4-14-30-20)26(15-17-5-3-13-29-17)23-24-18-6-1-2-7-19(18)31-23/h1-2,4,6-8,14,16-17H,3,5,9-13,15H2. The molecule has 8 heteroatoms. The van der Waals surface area contributed by atoms with Gasteiger partial charge < -0.3 is 9.64 Å². The number of benzene rings is 1. The average Bonchev–Trinajstić information content (AvgIpc) is 3.58. The van der Waals surface area contributed by atoms with Crippen LogP contribution >= 0.6 is 22.7 Å². The predicted molar refractivity (Wildman–Crippen MR) is 124 cm³/mol. The monoisotopic (exact) mass is 455 g/mol. The van der Waals surface area contributed by atoms with Crippen LogP contribution < -0.4 is 4.90 Å². The third kappa shape index (κ3) is 4.37. The number of fused-ring (bicyclic) bond motifs is 1. The van der Waals surface area contributed by atoms with Crippen LogP contribution in [0, 0.1) is 5.92 Å². The van der Waals surface area contributed by atoms with Crippen molar-refractivity contribution in [2.75, 3.05) is 31.1 Å². The zero-order valence-electron chi connectivity index (χ0n) is 17.2. The van der Waals surface area contributed by atoms with Crippen LogP contribution in [-0.4, -0.2) is 54.0 Å². The number of carbonyl (C=O) groups is 2. The maximum absolute atomic E-state index is 13.6. The quantitative estimate of drug-likeness (QED) is 0.571. The van der Waals surface area contributed by atoms with Crippen LogP contribution in [0.25, 0.3) is 10.2 Å². The highest BCUT2D eigenvalue weighted by molar-refractivity contribution is 7.22. The zero-order chi connectivity index (χ0) is 21.2. The smallest absolute Gasteiger partial charge is 0.263 e. The van der Waals surface area contributed by atoms with Crippen molar-refractivity contribution in [3.8, 4) is 0 Å². The second-order valence-electron chi connectivity index (χ2n) is 8.09. The number of aromatic nitrogens is 1. The highest BCUT2D eigenvalue weighted by atomic mass is 32.1. The molecule has 5 rings (SSSR count). The number of hydrogen-bond acceptors (Lipinski definition) is 6. The van der Waals surface area contributed by atoms with Gasteiger partial charge in [0.05, 0.1) is 27.7 Å². The SMILES string of the molecule is O=C(c1cccs1)N1CCC(C(=O)N(CC2CCCO2)c2nc3ccccc3s2)CC1. The number of ether oxygens (including phenoxy) is 1. The van der Waals surface area contributed by atoms with Gasteiger partial charge in [0.1, 0.15) is 0 Å². The topological polar surface area (TPSA) is 62.7 Å². The molecule has 1 unspecified atom stereocenters. The van der Waals surface area contributed by atoms with Crippen LogP contribution in [-0.2, 0) is 9.53 Å². The molecule has 2 aliphatic heterocycles. The summed E-state index contributed by atoms with van der Waals surface area (Å²) in [6, 6.07) is 11.8. The molecular weight excluding hydrogens is 430 g/mol. The van der Waals surface area contributed by atoms with E-state index in [1.807, 2.05) is 51.6 Å². The van der Waals surface area contributed by atoms with Crippen molar-refractivity contribution in [2.45, 2.75) is 31.8 Å². The summed E-state index contributed by atoms with van der Waals surface area (Å²) in [5.74, 6) is 0.0851. The molecule has 4 heterocycles. The van der Waals surface area contributed by atoms with Gasteiger partial charge in [0.25, 0.3) is 5.91 Å². The number of hydrogen-bond donors (Lipinski definition) is 0. The Hall–Kier alpha value is -2.29. The number of anilines is 1. The van der Waals surface area contributed by atoms with Gasteiger partial charge in [0.2, 0.25) is 5.91 Å². The fraction of sp³-hybridized carbons (Fsp3) is 0.435. The summed E-state index contributed by atoms with van der Waals surface area (Å²) in [7, 11) is 0. The number of rotatable bonds is 5. The van der Waals surface area contributed by atoms with E-state index in [2.05, 4.69) is 0 Å². The summed E-state index contributed by atoms with van der Waals surface area (Å²) < 4.78 is 6.92. The Bertz CT molecular complexity index is 1020. The molecule has 1 aromatic carbocycles. The first kappa shape index (κ1) is 20.6. The first-order valence-electron chi connectivity index (χ1n) is 10.8. The molecule has 0 bridgehead atoms. The number of carbonyl (C=O) groups excluding carboxylic acids is 2. The van der Waals surface area contributed by atoms with Gasteiger partial charge in [-0.2, -0.15) is 0 Å². The molecule has 3 aromatic rings. The molecule has 2 aromatic heterocycles. The van der Waals surface area contributed by atoms with E-state index in [0.717, 1.165) is 39.7 Å². The van der Waals surface area contributed by atoms with Crippen molar-refractivity contribution in [1.29, 1.82) is 0 Å². The molecule has 0 aliphatic carbocycles. The minimum absolute atomic E-state index is 0.0662. The summed E-state index contributed by atoms with van der Waals surface area (Å²) in [4.78, 5) is 35.5. The number of nitrogens with zero attached hydrogens (tertiary/aromatic N) is 3. The second-order valence-corrected chi connectivity index (χ2v) is 10.0. The van der Waals surface area contributed by atoms with Crippen molar-refractivity contribution in [1.82, 2.24) is 9.88 Å². The summed E-state index contributed by atoms with van der Waals surface area (Å²) in [6.07, 6.45) is 3.45. The molecule has 2 amide bonds. The molecule has 6 nitrogen and oxygen atoms in total. The normalized spacial score (nSPS) is 19.7. The number of thiazole rings is 1. The summed E-state index contributed by atoms with van der Waals surface area (Å²) in [5, 5.41) is 2.67. The largest absolute Gasteiger partial charge is 0.376 e. The summed E-state index contributed by atoms with van der Waals surface area (Å²) >= 11 is 3.03. The van der Waals surface area contributed by atoms with Gasteiger partial charge in [-0.3, -0.25) is 14.5 Å².